The smallest absolute Gasteiger partial charge is 0.315 e. The summed E-state index contributed by atoms with van der Waals surface area (Å²) in [5.41, 5.74) is 0. The molecule has 0 fully saturated rings. The van der Waals surface area contributed by atoms with Gasteiger partial charge >= 0.3 is 12.0 Å². The van der Waals surface area contributed by atoms with Crippen molar-refractivity contribution in [1.29, 1.82) is 5.26 Å². The third-order valence-electron chi connectivity index (χ3n) is 1.17. The van der Waals surface area contributed by atoms with Crippen LogP contribution in [0.4, 0.5) is 4.79 Å². The molecule has 2 N–H and O–H groups in total. The molecule has 2 amide bonds. The lowest BCUT2D eigenvalue weighted by Gasteiger charge is -2.03. The lowest BCUT2D eigenvalue weighted by molar-refractivity contribution is -0.140. The van der Waals surface area contributed by atoms with Gasteiger partial charge in [-0.25, -0.2) is 4.79 Å². The molecule has 0 aliphatic carbocycles. The van der Waals surface area contributed by atoms with Gasteiger partial charge in [-0.15, -0.1) is 0 Å². The second kappa shape index (κ2) is 6.91. The van der Waals surface area contributed by atoms with Crippen molar-refractivity contribution in [3.63, 3.8) is 0 Å². The van der Waals surface area contributed by atoms with Crippen LogP contribution in [0.3, 0.4) is 0 Å². The van der Waals surface area contributed by atoms with Gasteiger partial charge in [-0.05, 0) is 0 Å². The Bertz CT molecular complexity index is 222. The van der Waals surface area contributed by atoms with Crippen LogP contribution in [0.2, 0.25) is 0 Å². The van der Waals surface area contributed by atoms with Crippen LogP contribution in [-0.4, -0.2) is 32.2 Å². The number of hydrogen-bond acceptors (Lipinski definition) is 4. The first-order valence-electron chi connectivity index (χ1n) is 3.66. The van der Waals surface area contributed by atoms with Gasteiger partial charge in [-0.3, -0.25) is 4.79 Å². The highest BCUT2D eigenvalue weighted by Crippen LogP contribution is 1.80. The van der Waals surface area contributed by atoms with Gasteiger partial charge in [0.2, 0.25) is 0 Å². The molecule has 0 rings (SSSR count). The van der Waals surface area contributed by atoms with Crippen LogP contribution >= 0.6 is 0 Å². The van der Waals surface area contributed by atoms with Crippen molar-refractivity contribution in [2.45, 2.75) is 6.42 Å². The van der Waals surface area contributed by atoms with Crippen LogP contribution in [0.5, 0.6) is 0 Å². The van der Waals surface area contributed by atoms with Crippen molar-refractivity contribution < 1.29 is 14.3 Å². The van der Waals surface area contributed by atoms with Gasteiger partial charge in [-0.1, -0.05) is 0 Å². The van der Waals surface area contributed by atoms with E-state index in [4.69, 9.17) is 5.26 Å². The Balaban J connectivity index is 3.38. The molecule has 0 saturated carbocycles. The second-order valence-electron chi connectivity index (χ2n) is 2.09. The molecule has 0 atom stereocenters. The zero-order chi connectivity index (χ0) is 10.1. The number of carbonyl (C=O) groups excluding carboxylic acids is 2. The Labute approximate surface area is 75.9 Å². The predicted molar refractivity (Wildman–Crippen MR) is 43.6 cm³/mol. The van der Waals surface area contributed by atoms with Crippen molar-refractivity contribution >= 4 is 12.0 Å². The Hall–Kier alpha value is -1.77. The fourth-order valence-electron chi connectivity index (χ4n) is 0.562. The molecular weight excluding hydrogens is 174 g/mol. The van der Waals surface area contributed by atoms with E-state index in [0.717, 1.165) is 0 Å². The van der Waals surface area contributed by atoms with Crippen LogP contribution in [0.15, 0.2) is 0 Å². The second-order valence-corrected chi connectivity index (χ2v) is 2.09. The number of methoxy groups -OCH3 is 1. The summed E-state index contributed by atoms with van der Waals surface area (Å²) in [5.74, 6) is -0.388. The van der Waals surface area contributed by atoms with Crippen LogP contribution in [0, 0.1) is 11.3 Å². The SMILES string of the molecule is COC(=O)CCNC(=O)NCC#N. The molecule has 0 bridgehead atoms. The van der Waals surface area contributed by atoms with Gasteiger partial charge in [0, 0.05) is 6.54 Å². The Morgan fingerprint density at radius 1 is 1.46 bits per heavy atom. The van der Waals surface area contributed by atoms with Crippen molar-refractivity contribution in [3.8, 4) is 6.07 Å². The van der Waals surface area contributed by atoms with Crippen LogP contribution in [-0.2, 0) is 9.53 Å². The number of carbonyl (C=O) groups is 2. The van der Waals surface area contributed by atoms with E-state index in [1.54, 1.807) is 6.07 Å². The van der Waals surface area contributed by atoms with Gasteiger partial charge < -0.3 is 15.4 Å². The maximum Gasteiger partial charge on any atom is 0.315 e. The van der Waals surface area contributed by atoms with Crippen molar-refractivity contribution in [2.24, 2.45) is 0 Å². The van der Waals surface area contributed by atoms with E-state index in [-0.39, 0.29) is 25.5 Å². The van der Waals surface area contributed by atoms with Crippen LogP contribution in [0.25, 0.3) is 0 Å². The molecular formula is C7H11N3O3. The number of amides is 2. The number of esters is 1. The van der Waals surface area contributed by atoms with Gasteiger partial charge in [0.05, 0.1) is 19.6 Å². The fraction of sp³-hybridized carbons (Fsp3) is 0.571. The number of nitrogens with zero attached hydrogens (tertiary/aromatic N) is 1. The quantitative estimate of drug-likeness (QED) is 0.450. The molecule has 0 aromatic heterocycles. The maximum atomic E-state index is 10.7. The summed E-state index contributed by atoms with van der Waals surface area (Å²) in [4.78, 5) is 21.3. The number of rotatable bonds is 4. The van der Waals surface area contributed by atoms with Gasteiger partial charge in [0.1, 0.15) is 6.54 Å². The molecule has 6 heteroatoms. The summed E-state index contributed by atoms with van der Waals surface area (Å²) >= 11 is 0. The first-order chi connectivity index (χ1) is 6.20. The molecule has 0 spiro atoms. The Morgan fingerprint density at radius 2 is 2.15 bits per heavy atom. The van der Waals surface area contributed by atoms with Crippen LogP contribution < -0.4 is 10.6 Å². The number of urea groups is 1. The third kappa shape index (κ3) is 6.62. The van der Waals surface area contributed by atoms with E-state index < -0.39 is 6.03 Å². The summed E-state index contributed by atoms with van der Waals surface area (Å²) in [6.45, 7) is 0.147. The molecule has 0 aliphatic heterocycles. The average molecular weight is 185 g/mol. The first-order valence-corrected chi connectivity index (χ1v) is 3.66. The van der Waals surface area contributed by atoms with Gasteiger partial charge in [-0.2, -0.15) is 5.26 Å². The van der Waals surface area contributed by atoms with Crippen molar-refractivity contribution in [2.75, 3.05) is 20.2 Å². The lowest BCUT2D eigenvalue weighted by atomic mass is 10.4. The topological polar surface area (TPSA) is 91.2 Å². The van der Waals surface area contributed by atoms with Crippen molar-refractivity contribution in [3.05, 3.63) is 0 Å². The monoisotopic (exact) mass is 185 g/mol. The molecule has 6 nitrogen and oxygen atoms in total. The molecule has 0 heterocycles. The minimum atomic E-state index is -0.467. The minimum Gasteiger partial charge on any atom is -0.469 e. The van der Waals surface area contributed by atoms with Crippen LogP contribution in [0.1, 0.15) is 6.42 Å². The number of hydrogen-bond donors (Lipinski definition) is 2. The number of nitrogens with one attached hydrogen (secondary N) is 2. The predicted octanol–water partition coefficient (Wildman–Crippen LogP) is -0.628. The van der Waals surface area contributed by atoms with E-state index >= 15 is 0 Å². The Kier molecular flexibility index (Phi) is 5.97. The van der Waals surface area contributed by atoms with Gasteiger partial charge in [0.15, 0.2) is 0 Å². The molecule has 13 heavy (non-hydrogen) atoms. The molecule has 0 aromatic carbocycles. The molecule has 0 saturated heterocycles. The third-order valence-corrected chi connectivity index (χ3v) is 1.17. The molecule has 72 valence electrons. The zero-order valence-electron chi connectivity index (χ0n) is 7.29. The first kappa shape index (κ1) is 11.2. The fourth-order valence-corrected chi connectivity index (χ4v) is 0.562. The summed E-state index contributed by atoms with van der Waals surface area (Å²) in [7, 11) is 1.28. The maximum absolute atomic E-state index is 10.7. The normalized spacial score (nSPS) is 8.31. The standard InChI is InChI=1S/C7H11N3O3/c1-13-6(11)2-4-9-7(12)10-5-3-8/h2,4-5H2,1H3,(H2,9,10,12). The highest BCUT2D eigenvalue weighted by molar-refractivity contribution is 5.75. The highest BCUT2D eigenvalue weighted by Gasteiger charge is 2.01. The highest BCUT2D eigenvalue weighted by atomic mass is 16.5. The molecule has 0 radical (unpaired) electrons. The molecule has 0 aromatic rings. The number of nitriles is 1. The zero-order valence-corrected chi connectivity index (χ0v) is 7.29. The minimum absolute atomic E-state index is 0.0515. The summed E-state index contributed by atoms with van der Waals surface area (Å²) in [5, 5.41) is 12.7. The average Bonchev–Trinajstić information content (AvgIpc) is 2.14. The van der Waals surface area contributed by atoms with E-state index in [0.29, 0.717) is 0 Å². The largest absolute Gasteiger partial charge is 0.469 e. The van der Waals surface area contributed by atoms with E-state index in [9.17, 15) is 9.59 Å². The molecule has 0 aliphatic rings. The summed E-state index contributed by atoms with van der Waals surface area (Å²) in [6.07, 6.45) is 0.122. The summed E-state index contributed by atoms with van der Waals surface area (Å²) in [6, 6.07) is 1.28. The Morgan fingerprint density at radius 3 is 2.69 bits per heavy atom. The van der Waals surface area contributed by atoms with Gasteiger partial charge in [0.25, 0.3) is 0 Å². The molecule has 0 unspecified atom stereocenters. The van der Waals surface area contributed by atoms with E-state index in [1.165, 1.54) is 7.11 Å². The van der Waals surface area contributed by atoms with E-state index in [2.05, 4.69) is 15.4 Å². The van der Waals surface area contributed by atoms with E-state index in [1.807, 2.05) is 0 Å². The number of ether oxygens (including phenoxy) is 1. The lowest BCUT2D eigenvalue weighted by Crippen LogP contribution is -2.36. The summed E-state index contributed by atoms with van der Waals surface area (Å²) < 4.78 is 4.35. The van der Waals surface area contributed by atoms with Crippen molar-refractivity contribution in [1.82, 2.24) is 10.6 Å².